The quantitative estimate of drug-likeness (QED) is 0.285. The SMILES string of the molecule is O=C1Cn2c(C(=O)NCc3cocn3)nc(NC(=O)c3nsc4ccccc34)c2C(c2cc(F)ccc2Cl)N1. The molecular formula is C25H17ClFN7O4S. The van der Waals surface area contributed by atoms with Crippen LogP contribution in [0.1, 0.15) is 44.1 Å². The summed E-state index contributed by atoms with van der Waals surface area (Å²) in [5.41, 5.74) is 1.13. The zero-order chi connectivity index (χ0) is 27.1. The van der Waals surface area contributed by atoms with Crippen LogP contribution in [0.15, 0.2) is 59.5 Å². The molecule has 0 radical (unpaired) electrons. The van der Waals surface area contributed by atoms with E-state index in [1.807, 2.05) is 12.1 Å². The number of oxazole rings is 1. The molecule has 0 spiro atoms. The van der Waals surface area contributed by atoms with Crippen LogP contribution in [0.2, 0.25) is 5.02 Å². The van der Waals surface area contributed by atoms with E-state index in [1.54, 1.807) is 12.1 Å². The lowest BCUT2D eigenvalue weighted by Gasteiger charge is -2.28. The Morgan fingerprint density at radius 3 is 2.90 bits per heavy atom. The van der Waals surface area contributed by atoms with Crippen molar-refractivity contribution in [2.24, 2.45) is 0 Å². The first kappa shape index (κ1) is 24.7. The summed E-state index contributed by atoms with van der Waals surface area (Å²) in [4.78, 5) is 47.7. The van der Waals surface area contributed by atoms with Crippen molar-refractivity contribution in [3.8, 4) is 0 Å². The molecule has 5 aromatic rings. The maximum absolute atomic E-state index is 14.2. The van der Waals surface area contributed by atoms with Crippen molar-refractivity contribution in [1.82, 2.24) is 29.5 Å². The molecule has 0 aliphatic carbocycles. The second-order valence-corrected chi connectivity index (χ2v) is 9.78. The van der Waals surface area contributed by atoms with Gasteiger partial charge in [0.05, 0.1) is 28.7 Å². The van der Waals surface area contributed by atoms with Gasteiger partial charge < -0.3 is 24.9 Å². The predicted molar refractivity (Wildman–Crippen MR) is 139 cm³/mol. The Morgan fingerprint density at radius 1 is 1.23 bits per heavy atom. The van der Waals surface area contributed by atoms with Gasteiger partial charge in [0.25, 0.3) is 11.8 Å². The summed E-state index contributed by atoms with van der Waals surface area (Å²) in [7, 11) is 0. The summed E-state index contributed by atoms with van der Waals surface area (Å²) >= 11 is 7.55. The largest absolute Gasteiger partial charge is 0.451 e. The van der Waals surface area contributed by atoms with Crippen molar-refractivity contribution < 1.29 is 23.2 Å². The number of hydrogen-bond acceptors (Lipinski definition) is 8. The van der Waals surface area contributed by atoms with Gasteiger partial charge in [-0.1, -0.05) is 29.8 Å². The topological polar surface area (TPSA) is 144 Å². The van der Waals surface area contributed by atoms with Crippen LogP contribution in [0.4, 0.5) is 10.2 Å². The van der Waals surface area contributed by atoms with E-state index < -0.39 is 29.6 Å². The number of imidazole rings is 1. The number of benzene rings is 2. The molecule has 3 amide bonds. The van der Waals surface area contributed by atoms with Crippen LogP contribution in [0.5, 0.6) is 0 Å². The molecule has 39 heavy (non-hydrogen) atoms. The molecule has 6 rings (SSSR count). The van der Waals surface area contributed by atoms with Crippen molar-refractivity contribution in [1.29, 1.82) is 0 Å². The average molecular weight is 566 g/mol. The van der Waals surface area contributed by atoms with Gasteiger partial charge in [0.15, 0.2) is 12.2 Å². The first-order chi connectivity index (χ1) is 18.9. The Kier molecular flexibility index (Phi) is 6.29. The fourth-order valence-corrected chi connectivity index (χ4v) is 5.35. The van der Waals surface area contributed by atoms with Crippen LogP contribution in [-0.4, -0.2) is 36.6 Å². The lowest BCUT2D eigenvalue weighted by atomic mass is 10.0. The standard InChI is InChI=1S/C25H17ClFN7O4S/c26-16-6-5-12(27)7-15(16)19-21-22(32-24(36)20-14-3-1-2-4-17(14)39-33-20)31-23(34(21)9-18(35)30-19)25(37)28-8-13-10-38-11-29-13/h1-7,10-11,19H,8-9H2,(H,28,37)(H,30,35)(H,32,36). The van der Waals surface area contributed by atoms with Gasteiger partial charge in [-0.15, -0.1) is 0 Å². The molecule has 3 aromatic heterocycles. The van der Waals surface area contributed by atoms with Crippen molar-refractivity contribution >= 4 is 56.8 Å². The van der Waals surface area contributed by atoms with Crippen LogP contribution >= 0.6 is 23.1 Å². The van der Waals surface area contributed by atoms with Gasteiger partial charge in [-0.05, 0) is 35.8 Å². The Balaban J connectivity index is 1.43. The van der Waals surface area contributed by atoms with E-state index in [4.69, 9.17) is 16.0 Å². The normalized spacial score (nSPS) is 14.6. The average Bonchev–Trinajstić information content (AvgIpc) is 3.67. The molecule has 1 aliphatic heterocycles. The highest BCUT2D eigenvalue weighted by molar-refractivity contribution is 7.13. The minimum atomic E-state index is -1.01. The number of carbonyl (C=O) groups is 3. The molecule has 0 saturated heterocycles. The minimum Gasteiger partial charge on any atom is -0.451 e. The molecule has 1 atom stereocenters. The molecule has 0 bridgehead atoms. The van der Waals surface area contributed by atoms with E-state index in [9.17, 15) is 18.8 Å². The van der Waals surface area contributed by atoms with Crippen molar-refractivity contribution in [3.05, 3.63) is 94.4 Å². The van der Waals surface area contributed by atoms with Crippen molar-refractivity contribution in [2.45, 2.75) is 19.1 Å². The highest BCUT2D eigenvalue weighted by atomic mass is 35.5. The van der Waals surface area contributed by atoms with E-state index in [0.717, 1.165) is 4.70 Å². The Labute approximate surface area is 228 Å². The summed E-state index contributed by atoms with van der Waals surface area (Å²) in [6.07, 6.45) is 2.60. The number of nitrogens with zero attached hydrogens (tertiary/aromatic N) is 4. The van der Waals surface area contributed by atoms with E-state index >= 15 is 0 Å². The number of fused-ring (bicyclic) bond motifs is 2. The summed E-state index contributed by atoms with van der Waals surface area (Å²) in [5, 5.41) is 9.01. The number of amides is 3. The lowest BCUT2D eigenvalue weighted by Crippen LogP contribution is -2.41. The summed E-state index contributed by atoms with van der Waals surface area (Å²) < 4.78 is 25.6. The predicted octanol–water partition coefficient (Wildman–Crippen LogP) is 3.67. The van der Waals surface area contributed by atoms with E-state index in [1.165, 1.54) is 47.0 Å². The summed E-state index contributed by atoms with van der Waals surface area (Å²) in [6, 6.07) is 9.97. The number of nitrogens with one attached hydrogen (secondary N) is 3. The third-order valence-corrected chi connectivity index (χ3v) is 7.27. The lowest BCUT2D eigenvalue weighted by molar-refractivity contribution is -0.123. The minimum absolute atomic E-state index is 0.00556. The number of hydrogen-bond donors (Lipinski definition) is 3. The first-order valence-corrected chi connectivity index (χ1v) is 12.7. The summed E-state index contributed by atoms with van der Waals surface area (Å²) in [5.74, 6) is -2.38. The van der Waals surface area contributed by atoms with Crippen LogP contribution in [0.25, 0.3) is 10.1 Å². The second kappa shape index (κ2) is 9.93. The molecule has 4 heterocycles. The molecule has 2 aromatic carbocycles. The van der Waals surface area contributed by atoms with E-state index in [0.29, 0.717) is 11.1 Å². The van der Waals surface area contributed by atoms with Gasteiger partial charge >= 0.3 is 0 Å². The molecule has 3 N–H and O–H groups in total. The maximum Gasteiger partial charge on any atom is 0.287 e. The number of halogens is 2. The molecular weight excluding hydrogens is 549 g/mol. The molecule has 196 valence electrons. The van der Waals surface area contributed by atoms with Crippen LogP contribution < -0.4 is 16.0 Å². The Morgan fingerprint density at radius 2 is 2.08 bits per heavy atom. The maximum atomic E-state index is 14.2. The molecule has 1 unspecified atom stereocenters. The Hall–Kier alpha value is -4.62. The van der Waals surface area contributed by atoms with Crippen LogP contribution in [0.3, 0.4) is 0 Å². The van der Waals surface area contributed by atoms with E-state index in [-0.39, 0.29) is 46.7 Å². The Bertz CT molecular complexity index is 1750. The van der Waals surface area contributed by atoms with Gasteiger partial charge in [0, 0.05) is 16.0 Å². The van der Waals surface area contributed by atoms with Gasteiger partial charge in [-0.25, -0.2) is 14.4 Å². The van der Waals surface area contributed by atoms with Gasteiger partial charge in [-0.3, -0.25) is 14.4 Å². The molecule has 1 aliphatic rings. The third-order valence-electron chi connectivity index (χ3n) is 6.10. The monoisotopic (exact) mass is 565 g/mol. The molecule has 14 heteroatoms. The molecule has 11 nitrogen and oxygen atoms in total. The number of aromatic nitrogens is 4. The zero-order valence-electron chi connectivity index (χ0n) is 19.8. The van der Waals surface area contributed by atoms with Gasteiger partial charge in [-0.2, -0.15) is 4.37 Å². The second-order valence-electron chi connectivity index (χ2n) is 8.57. The van der Waals surface area contributed by atoms with E-state index in [2.05, 4.69) is 30.3 Å². The van der Waals surface area contributed by atoms with Crippen LogP contribution in [0, 0.1) is 5.82 Å². The zero-order valence-corrected chi connectivity index (χ0v) is 21.3. The highest BCUT2D eigenvalue weighted by Gasteiger charge is 2.36. The van der Waals surface area contributed by atoms with Gasteiger partial charge in [0.1, 0.15) is 24.3 Å². The van der Waals surface area contributed by atoms with Crippen molar-refractivity contribution in [3.63, 3.8) is 0 Å². The fraction of sp³-hybridized carbons (Fsp3) is 0.120. The molecule has 0 saturated carbocycles. The summed E-state index contributed by atoms with van der Waals surface area (Å²) in [6.45, 7) is -0.233. The fourth-order valence-electron chi connectivity index (χ4n) is 4.35. The smallest absolute Gasteiger partial charge is 0.287 e. The molecule has 0 fully saturated rings. The van der Waals surface area contributed by atoms with Crippen LogP contribution in [-0.2, 0) is 17.9 Å². The number of rotatable bonds is 6. The highest BCUT2D eigenvalue weighted by Crippen LogP contribution is 2.36. The first-order valence-electron chi connectivity index (χ1n) is 11.5. The number of anilines is 1. The van der Waals surface area contributed by atoms with Crippen molar-refractivity contribution in [2.75, 3.05) is 5.32 Å². The third kappa shape index (κ3) is 4.62. The number of carbonyl (C=O) groups excluding carboxylic acids is 3. The van der Waals surface area contributed by atoms with Gasteiger partial charge in [0.2, 0.25) is 11.7 Å².